The molecule has 0 bridgehead atoms. The van der Waals surface area contributed by atoms with Crippen molar-refractivity contribution in [2.45, 2.75) is 225 Å². The Kier molecular flexibility index (Phi) is 46.0. The van der Waals surface area contributed by atoms with Crippen LogP contribution in [0.2, 0.25) is 0 Å². The number of carbonyl (C=O) groups is 2. The molecule has 0 radical (unpaired) electrons. The fraction of sp³-hybridized carbons (Fsp3) is 0.698. The van der Waals surface area contributed by atoms with Gasteiger partial charge in [-0.3, -0.25) is 9.59 Å². The van der Waals surface area contributed by atoms with Crippen LogP contribution in [-0.2, 0) is 19.1 Å². The van der Waals surface area contributed by atoms with E-state index >= 15 is 0 Å². The maximum absolute atomic E-state index is 12.2. The van der Waals surface area contributed by atoms with E-state index in [2.05, 4.69) is 98.9 Å². The summed E-state index contributed by atoms with van der Waals surface area (Å²) in [5, 5.41) is 9.60. The SMILES string of the molecule is CC/C=C\C/C=C\C/C=C\C/C=C\C/C=C\CCCCCCCCCCCCCCCC(=O)OC(CO)COC(=O)CCCCCCC/C=C\C/C=C\CCCCC. The molecule has 0 aliphatic heterocycles. The van der Waals surface area contributed by atoms with E-state index in [0.717, 1.165) is 83.5 Å². The lowest BCUT2D eigenvalue weighted by atomic mass is 10.0. The highest BCUT2D eigenvalue weighted by molar-refractivity contribution is 5.70. The second kappa shape index (κ2) is 48.4. The Bertz CT molecular complexity index is 1090. The van der Waals surface area contributed by atoms with Gasteiger partial charge >= 0.3 is 11.9 Å². The van der Waals surface area contributed by atoms with Crippen molar-refractivity contribution < 1.29 is 24.2 Å². The third-order valence-electron chi connectivity index (χ3n) is 10.2. The molecule has 58 heavy (non-hydrogen) atoms. The van der Waals surface area contributed by atoms with Gasteiger partial charge < -0.3 is 14.6 Å². The highest BCUT2D eigenvalue weighted by Crippen LogP contribution is 2.15. The zero-order valence-corrected chi connectivity index (χ0v) is 37.8. The van der Waals surface area contributed by atoms with Crippen LogP contribution < -0.4 is 0 Å². The van der Waals surface area contributed by atoms with Crippen LogP contribution in [-0.4, -0.2) is 36.4 Å². The molecule has 0 fully saturated rings. The fourth-order valence-electron chi connectivity index (χ4n) is 6.55. The maximum atomic E-state index is 12.2. The molecule has 5 heteroatoms. The smallest absolute Gasteiger partial charge is 0.306 e. The Balaban J connectivity index is 3.53. The van der Waals surface area contributed by atoms with Crippen LogP contribution in [0.1, 0.15) is 219 Å². The number of aliphatic hydroxyl groups is 1. The minimum Gasteiger partial charge on any atom is -0.462 e. The van der Waals surface area contributed by atoms with E-state index in [1.165, 1.54) is 109 Å². The number of esters is 2. The standard InChI is InChI=1S/C53H90O5/c1-3-5-7-9-11-13-15-17-19-20-21-22-23-24-25-26-27-28-29-30-31-32-34-36-38-40-42-44-46-48-53(56)58-51(49-54)50-57-52(55)47-45-43-41-39-37-35-33-18-16-14-12-10-8-6-4-2/h5,7,11-14,17-19,21-22,24-25,33,51,54H,3-4,6,8-10,15-16,20,23,26-32,34-50H2,1-2H3/b7-5-,13-11-,14-12-,19-17-,22-21-,25-24-,33-18-. The van der Waals surface area contributed by atoms with Crippen molar-refractivity contribution in [2.75, 3.05) is 13.2 Å². The predicted octanol–water partition coefficient (Wildman–Crippen LogP) is 15.9. The summed E-state index contributed by atoms with van der Waals surface area (Å²) < 4.78 is 10.6. The van der Waals surface area contributed by atoms with Gasteiger partial charge in [0.25, 0.3) is 0 Å². The molecule has 332 valence electrons. The van der Waals surface area contributed by atoms with Crippen molar-refractivity contribution in [3.05, 3.63) is 85.1 Å². The molecule has 0 aliphatic rings. The first-order chi connectivity index (χ1) is 28.6. The summed E-state index contributed by atoms with van der Waals surface area (Å²) in [5.41, 5.74) is 0. The molecule has 0 heterocycles. The lowest BCUT2D eigenvalue weighted by molar-refractivity contribution is -0.161. The quantitative estimate of drug-likeness (QED) is 0.0377. The molecule has 0 amide bonds. The number of carbonyl (C=O) groups excluding carboxylic acids is 2. The topological polar surface area (TPSA) is 72.8 Å². The Labute approximate surface area is 358 Å². The maximum Gasteiger partial charge on any atom is 0.306 e. The van der Waals surface area contributed by atoms with Crippen LogP contribution in [0.3, 0.4) is 0 Å². The second-order valence-corrected chi connectivity index (χ2v) is 15.8. The molecule has 1 unspecified atom stereocenters. The van der Waals surface area contributed by atoms with Gasteiger partial charge in [0, 0.05) is 12.8 Å². The molecule has 5 nitrogen and oxygen atoms in total. The van der Waals surface area contributed by atoms with E-state index in [-0.39, 0.29) is 25.2 Å². The molecule has 1 atom stereocenters. The number of hydrogen-bond donors (Lipinski definition) is 1. The molecule has 1 N–H and O–H groups in total. The Hall–Kier alpha value is -2.92. The van der Waals surface area contributed by atoms with E-state index in [1.54, 1.807) is 0 Å². The predicted molar refractivity (Wildman–Crippen MR) is 251 cm³/mol. The highest BCUT2D eigenvalue weighted by atomic mass is 16.6. The molecule has 0 saturated carbocycles. The molecule has 0 aromatic rings. The van der Waals surface area contributed by atoms with Crippen LogP contribution in [0.5, 0.6) is 0 Å². The summed E-state index contributed by atoms with van der Waals surface area (Å²) in [6, 6.07) is 0. The number of ether oxygens (including phenoxy) is 2. The van der Waals surface area contributed by atoms with Gasteiger partial charge in [-0.2, -0.15) is 0 Å². The molecule has 0 aromatic heterocycles. The van der Waals surface area contributed by atoms with E-state index in [0.29, 0.717) is 12.8 Å². The van der Waals surface area contributed by atoms with Crippen molar-refractivity contribution in [1.29, 1.82) is 0 Å². The molecule has 0 rings (SSSR count). The fourth-order valence-corrected chi connectivity index (χ4v) is 6.55. The van der Waals surface area contributed by atoms with Gasteiger partial charge in [0.05, 0.1) is 6.61 Å². The summed E-state index contributed by atoms with van der Waals surface area (Å²) in [5.74, 6) is -0.609. The largest absolute Gasteiger partial charge is 0.462 e. The van der Waals surface area contributed by atoms with Gasteiger partial charge in [-0.05, 0) is 89.9 Å². The summed E-state index contributed by atoms with van der Waals surface area (Å²) in [6.45, 7) is 3.99. The van der Waals surface area contributed by atoms with E-state index in [9.17, 15) is 14.7 Å². The highest BCUT2D eigenvalue weighted by Gasteiger charge is 2.16. The average Bonchev–Trinajstić information content (AvgIpc) is 3.23. The third kappa shape index (κ3) is 45.8. The lowest BCUT2D eigenvalue weighted by Gasteiger charge is -2.15. The molecular weight excluding hydrogens is 717 g/mol. The first-order valence-corrected chi connectivity index (χ1v) is 24.1. The first-order valence-electron chi connectivity index (χ1n) is 24.1. The Morgan fingerprint density at radius 1 is 0.414 bits per heavy atom. The second-order valence-electron chi connectivity index (χ2n) is 15.8. The van der Waals surface area contributed by atoms with Crippen molar-refractivity contribution in [1.82, 2.24) is 0 Å². The van der Waals surface area contributed by atoms with Gasteiger partial charge in [0.15, 0.2) is 6.10 Å². The van der Waals surface area contributed by atoms with Crippen LogP contribution in [0.15, 0.2) is 85.1 Å². The van der Waals surface area contributed by atoms with Crippen LogP contribution in [0.4, 0.5) is 0 Å². The molecular formula is C53H90O5. The minimum absolute atomic E-state index is 0.0762. The monoisotopic (exact) mass is 807 g/mol. The minimum atomic E-state index is -0.782. The summed E-state index contributed by atoms with van der Waals surface area (Å²) in [7, 11) is 0. The molecule has 0 spiro atoms. The Morgan fingerprint density at radius 3 is 1.12 bits per heavy atom. The van der Waals surface area contributed by atoms with Gasteiger partial charge in [-0.25, -0.2) is 0 Å². The summed E-state index contributed by atoms with van der Waals surface area (Å²) in [4.78, 5) is 24.4. The van der Waals surface area contributed by atoms with Gasteiger partial charge in [0.2, 0.25) is 0 Å². The summed E-state index contributed by atoms with van der Waals surface area (Å²) in [6.07, 6.45) is 66.7. The Morgan fingerprint density at radius 2 is 0.741 bits per heavy atom. The van der Waals surface area contributed by atoms with E-state index in [4.69, 9.17) is 9.47 Å². The number of rotatable bonds is 43. The van der Waals surface area contributed by atoms with Gasteiger partial charge in [-0.1, -0.05) is 202 Å². The van der Waals surface area contributed by atoms with Crippen molar-refractivity contribution in [3.8, 4) is 0 Å². The zero-order valence-electron chi connectivity index (χ0n) is 37.8. The van der Waals surface area contributed by atoms with Crippen LogP contribution >= 0.6 is 0 Å². The number of unbranched alkanes of at least 4 members (excludes halogenated alkanes) is 21. The first kappa shape index (κ1) is 55.1. The number of allylic oxidation sites excluding steroid dienone is 14. The van der Waals surface area contributed by atoms with Crippen molar-refractivity contribution in [2.24, 2.45) is 0 Å². The normalized spacial score (nSPS) is 12.9. The molecule has 0 aliphatic carbocycles. The number of hydrogen-bond acceptors (Lipinski definition) is 5. The van der Waals surface area contributed by atoms with Crippen molar-refractivity contribution >= 4 is 11.9 Å². The molecule has 0 saturated heterocycles. The van der Waals surface area contributed by atoms with Gasteiger partial charge in [0.1, 0.15) is 6.61 Å². The van der Waals surface area contributed by atoms with E-state index < -0.39 is 6.10 Å². The number of aliphatic hydroxyl groups excluding tert-OH is 1. The lowest BCUT2D eigenvalue weighted by Crippen LogP contribution is -2.28. The third-order valence-corrected chi connectivity index (χ3v) is 10.2. The van der Waals surface area contributed by atoms with E-state index in [1.807, 2.05) is 0 Å². The van der Waals surface area contributed by atoms with Crippen molar-refractivity contribution in [3.63, 3.8) is 0 Å². The van der Waals surface area contributed by atoms with Crippen LogP contribution in [0, 0.1) is 0 Å². The average molecular weight is 807 g/mol. The zero-order chi connectivity index (χ0) is 42.1. The van der Waals surface area contributed by atoms with Gasteiger partial charge in [-0.15, -0.1) is 0 Å². The summed E-state index contributed by atoms with van der Waals surface area (Å²) >= 11 is 0. The van der Waals surface area contributed by atoms with Crippen LogP contribution in [0.25, 0.3) is 0 Å². The molecule has 0 aromatic carbocycles.